The molecule has 5 nitrogen and oxygen atoms in total. The summed E-state index contributed by atoms with van der Waals surface area (Å²) < 4.78 is 6.25. The zero-order chi connectivity index (χ0) is 16.7. The smallest absolute Gasteiger partial charge is 0.270 e. The third-order valence-electron chi connectivity index (χ3n) is 5.51. The molecule has 1 aromatic carbocycles. The molecule has 1 aliphatic carbocycles. The van der Waals surface area contributed by atoms with Crippen LogP contribution < -0.4 is 4.74 Å². The number of nitrogens with zero attached hydrogens (tertiary/aromatic N) is 2. The molecule has 1 saturated carbocycles. The lowest BCUT2D eigenvalue weighted by atomic mass is 10.0. The molecule has 24 heavy (non-hydrogen) atoms. The van der Waals surface area contributed by atoms with Crippen molar-refractivity contribution in [2.24, 2.45) is 5.92 Å². The van der Waals surface area contributed by atoms with Crippen molar-refractivity contribution in [3.8, 4) is 17.6 Å². The Morgan fingerprint density at radius 3 is 2.54 bits per heavy atom. The van der Waals surface area contributed by atoms with E-state index in [1.165, 1.54) is 18.9 Å². The number of benzene rings is 1. The van der Waals surface area contributed by atoms with Gasteiger partial charge in [0.25, 0.3) is 5.69 Å². The Morgan fingerprint density at radius 2 is 1.92 bits per heavy atom. The summed E-state index contributed by atoms with van der Waals surface area (Å²) in [5.74, 6) is 7.46. The van der Waals surface area contributed by atoms with Crippen molar-refractivity contribution < 1.29 is 9.66 Å². The van der Waals surface area contributed by atoms with Crippen molar-refractivity contribution in [2.75, 3.05) is 7.05 Å². The van der Waals surface area contributed by atoms with Crippen molar-refractivity contribution in [1.29, 1.82) is 0 Å². The molecule has 3 fully saturated rings. The molecule has 3 aliphatic rings. The van der Waals surface area contributed by atoms with Gasteiger partial charge in [-0.15, -0.1) is 0 Å². The van der Waals surface area contributed by atoms with E-state index in [4.69, 9.17) is 4.74 Å². The number of non-ortho nitro benzene ring substituents is 1. The SMILES string of the molecule is CN1[C@@H]2CC[C@H]1C[C@H](Oc1ccc([N+](=O)[O-])cc1C#CC1CC1)C2. The summed E-state index contributed by atoms with van der Waals surface area (Å²) in [5, 5.41) is 11.0. The van der Waals surface area contributed by atoms with Crippen LogP contribution in [0, 0.1) is 27.9 Å². The Balaban J connectivity index is 1.55. The summed E-state index contributed by atoms with van der Waals surface area (Å²) in [6, 6.07) is 5.99. The second-order valence-electron chi connectivity index (χ2n) is 7.24. The van der Waals surface area contributed by atoms with E-state index in [1.54, 1.807) is 12.1 Å². The predicted octanol–water partition coefficient (Wildman–Crippen LogP) is 3.36. The van der Waals surface area contributed by atoms with Crippen LogP contribution in [-0.4, -0.2) is 35.1 Å². The molecule has 0 radical (unpaired) electrons. The lowest BCUT2D eigenvalue weighted by molar-refractivity contribution is -0.384. The Morgan fingerprint density at radius 1 is 1.21 bits per heavy atom. The summed E-state index contributed by atoms with van der Waals surface area (Å²) in [5.41, 5.74) is 0.730. The summed E-state index contributed by atoms with van der Waals surface area (Å²) in [4.78, 5) is 13.1. The lowest BCUT2D eigenvalue weighted by Crippen LogP contribution is -2.43. The van der Waals surface area contributed by atoms with Crippen LogP contribution in [0.3, 0.4) is 0 Å². The van der Waals surface area contributed by atoms with E-state index < -0.39 is 0 Å². The molecule has 0 amide bonds. The van der Waals surface area contributed by atoms with Gasteiger partial charge in [-0.1, -0.05) is 11.8 Å². The lowest BCUT2D eigenvalue weighted by Gasteiger charge is -2.36. The topological polar surface area (TPSA) is 55.6 Å². The highest BCUT2D eigenvalue weighted by Crippen LogP contribution is 2.37. The first-order valence-corrected chi connectivity index (χ1v) is 8.78. The van der Waals surface area contributed by atoms with Gasteiger partial charge in [0.15, 0.2) is 0 Å². The number of fused-ring (bicyclic) bond motifs is 2. The first kappa shape index (κ1) is 15.5. The number of nitro benzene ring substituents is 1. The summed E-state index contributed by atoms with van der Waals surface area (Å²) in [7, 11) is 2.21. The molecule has 0 aromatic heterocycles. The average Bonchev–Trinajstić information content (AvgIpc) is 3.35. The summed E-state index contributed by atoms with van der Waals surface area (Å²) in [6.07, 6.45) is 7.00. The van der Waals surface area contributed by atoms with Gasteiger partial charge in [0.05, 0.1) is 10.5 Å². The maximum absolute atomic E-state index is 11.0. The zero-order valence-corrected chi connectivity index (χ0v) is 13.9. The minimum absolute atomic E-state index is 0.0749. The van der Waals surface area contributed by atoms with Crippen LogP contribution >= 0.6 is 0 Å². The molecule has 2 aliphatic heterocycles. The van der Waals surface area contributed by atoms with Gasteiger partial charge >= 0.3 is 0 Å². The molecule has 3 atom stereocenters. The van der Waals surface area contributed by atoms with Crippen molar-refractivity contribution in [3.63, 3.8) is 0 Å². The molecule has 2 bridgehead atoms. The molecular weight excluding hydrogens is 304 g/mol. The molecule has 2 heterocycles. The van der Waals surface area contributed by atoms with E-state index in [2.05, 4.69) is 23.8 Å². The fourth-order valence-corrected chi connectivity index (χ4v) is 3.88. The number of rotatable bonds is 3. The van der Waals surface area contributed by atoms with Crippen LogP contribution in [0.5, 0.6) is 5.75 Å². The Kier molecular flexibility index (Phi) is 3.93. The standard InChI is InChI=1S/C19H22N2O3/c1-20-15-6-7-16(20)12-18(11-15)24-19-9-8-17(21(22)23)10-14(19)5-4-13-2-3-13/h8-10,13,15-16,18H,2-3,6-7,11-12H2,1H3/t15-,16+,18-. The van der Waals surface area contributed by atoms with Crippen molar-refractivity contribution in [1.82, 2.24) is 4.90 Å². The fourth-order valence-electron chi connectivity index (χ4n) is 3.88. The maximum Gasteiger partial charge on any atom is 0.270 e. The van der Waals surface area contributed by atoms with Crippen LogP contribution in [0.2, 0.25) is 0 Å². The predicted molar refractivity (Wildman–Crippen MR) is 90.9 cm³/mol. The first-order valence-electron chi connectivity index (χ1n) is 8.78. The van der Waals surface area contributed by atoms with E-state index >= 15 is 0 Å². The highest BCUT2D eigenvalue weighted by Gasteiger charge is 2.39. The first-order chi connectivity index (χ1) is 11.6. The van der Waals surface area contributed by atoms with Gasteiger partial charge in [0, 0.05) is 30.1 Å². The molecule has 0 spiro atoms. The fraction of sp³-hybridized carbons (Fsp3) is 0.579. The van der Waals surface area contributed by atoms with E-state index in [-0.39, 0.29) is 16.7 Å². The minimum Gasteiger partial charge on any atom is -0.489 e. The van der Waals surface area contributed by atoms with Gasteiger partial charge in [-0.3, -0.25) is 10.1 Å². The van der Waals surface area contributed by atoms with E-state index in [1.807, 2.05) is 0 Å². The molecule has 0 unspecified atom stereocenters. The van der Waals surface area contributed by atoms with Gasteiger partial charge in [-0.05, 0) is 51.6 Å². The second kappa shape index (κ2) is 6.10. The van der Waals surface area contributed by atoms with Gasteiger partial charge < -0.3 is 9.64 Å². The number of ether oxygens (including phenoxy) is 1. The highest BCUT2D eigenvalue weighted by molar-refractivity contribution is 5.52. The zero-order valence-electron chi connectivity index (χ0n) is 13.9. The van der Waals surface area contributed by atoms with Gasteiger partial charge in [0.2, 0.25) is 0 Å². The van der Waals surface area contributed by atoms with Crippen LogP contribution in [-0.2, 0) is 0 Å². The molecule has 4 rings (SSSR count). The highest BCUT2D eigenvalue weighted by atomic mass is 16.6. The third-order valence-corrected chi connectivity index (χ3v) is 5.51. The molecule has 126 valence electrons. The Bertz CT molecular complexity index is 703. The minimum atomic E-state index is -0.373. The van der Waals surface area contributed by atoms with Crippen LogP contribution in [0.25, 0.3) is 0 Å². The van der Waals surface area contributed by atoms with Crippen molar-refractivity contribution >= 4 is 5.69 Å². The molecule has 2 saturated heterocycles. The monoisotopic (exact) mass is 326 g/mol. The van der Waals surface area contributed by atoms with Crippen LogP contribution in [0.15, 0.2) is 18.2 Å². The number of hydrogen-bond donors (Lipinski definition) is 0. The summed E-state index contributed by atoms with van der Waals surface area (Å²) >= 11 is 0. The summed E-state index contributed by atoms with van der Waals surface area (Å²) in [6.45, 7) is 0. The average molecular weight is 326 g/mol. The molecule has 5 heteroatoms. The Labute approximate surface area is 142 Å². The van der Waals surface area contributed by atoms with Crippen LogP contribution in [0.1, 0.15) is 44.1 Å². The molecular formula is C19H22N2O3. The largest absolute Gasteiger partial charge is 0.489 e. The third kappa shape index (κ3) is 3.11. The van der Waals surface area contributed by atoms with E-state index in [0.29, 0.717) is 29.3 Å². The molecule has 1 aromatic rings. The van der Waals surface area contributed by atoms with Gasteiger partial charge in [-0.25, -0.2) is 0 Å². The Hall–Kier alpha value is -2.06. The van der Waals surface area contributed by atoms with Crippen molar-refractivity contribution in [2.45, 2.75) is 56.7 Å². The second-order valence-corrected chi connectivity index (χ2v) is 7.24. The number of hydrogen-bond acceptors (Lipinski definition) is 4. The normalized spacial score (nSPS) is 29.0. The maximum atomic E-state index is 11.0. The van der Waals surface area contributed by atoms with Gasteiger partial charge in [-0.2, -0.15) is 0 Å². The number of nitro groups is 1. The quantitative estimate of drug-likeness (QED) is 0.485. The number of piperidine rings is 1. The van der Waals surface area contributed by atoms with E-state index in [0.717, 1.165) is 25.7 Å². The van der Waals surface area contributed by atoms with Gasteiger partial charge in [0.1, 0.15) is 11.9 Å². The van der Waals surface area contributed by atoms with E-state index in [9.17, 15) is 10.1 Å². The van der Waals surface area contributed by atoms with Crippen molar-refractivity contribution in [3.05, 3.63) is 33.9 Å². The van der Waals surface area contributed by atoms with Crippen LogP contribution in [0.4, 0.5) is 5.69 Å². The molecule has 0 N–H and O–H groups in total.